The van der Waals surface area contributed by atoms with Crippen molar-refractivity contribution in [3.63, 3.8) is 0 Å². The highest BCUT2D eigenvalue weighted by Gasteiger charge is 2.20. The third-order valence-electron chi connectivity index (χ3n) is 5.31. The zero-order chi connectivity index (χ0) is 21.4. The van der Waals surface area contributed by atoms with Crippen LogP contribution in [0.3, 0.4) is 0 Å². The Morgan fingerprint density at radius 3 is 2.81 bits per heavy atom. The van der Waals surface area contributed by atoms with Crippen molar-refractivity contribution in [2.45, 2.75) is 38.3 Å². The van der Waals surface area contributed by atoms with Crippen LogP contribution >= 0.6 is 0 Å². The van der Waals surface area contributed by atoms with Gasteiger partial charge in [-0.2, -0.15) is 9.61 Å². The number of anilines is 1. The number of hydrogen-bond donors (Lipinski definition) is 4. The van der Waals surface area contributed by atoms with E-state index in [9.17, 15) is 9.90 Å². The van der Waals surface area contributed by atoms with Gasteiger partial charge in [0.05, 0.1) is 18.3 Å². The molecule has 0 amide bonds. The third kappa shape index (κ3) is 3.94. The molecular formula is C22H23N7O2. The van der Waals surface area contributed by atoms with Gasteiger partial charge in [0.2, 0.25) is 5.88 Å². The van der Waals surface area contributed by atoms with E-state index in [4.69, 9.17) is 9.98 Å². The van der Waals surface area contributed by atoms with E-state index in [-0.39, 0.29) is 17.6 Å². The van der Waals surface area contributed by atoms with Gasteiger partial charge in [0.25, 0.3) is 0 Å². The Hall–Kier alpha value is -3.88. The number of aromatic nitrogens is 5. The zero-order valence-electron chi connectivity index (χ0n) is 17.0. The topological polar surface area (TPSA) is 123 Å². The summed E-state index contributed by atoms with van der Waals surface area (Å²) in [4.78, 5) is 25.9. The molecule has 1 aliphatic rings. The molecule has 1 saturated carbocycles. The first kappa shape index (κ1) is 19.1. The standard InChI is InChI=1S/C22H23N7O2/c1-2-16(13-6-4-3-5-7-13)25-18-11-19(24-15-8-9-15)29-20(27-18)14(12-23-29)10-17-21(30)28-22(31)26-17/h3-7,10-12,15-16,25,30H,2,8-9H2,1H3,(H2,26,28,31). The molecule has 1 fully saturated rings. The van der Waals surface area contributed by atoms with Crippen molar-refractivity contribution in [1.82, 2.24) is 24.6 Å². The van der Waals surface area contributed by atoms with Crippen LogP contribution in [-0.2, 0) is 0 Å². The van der Waals surface area contributed by atoms with Crippen LogP contribution < -0.4 is 21.7 Å². The highest BCUT2D eigenvalue weighted by atomic mass is 16.3. The fraction of sp³-hybridized carbons (Fsp3) is 0.273. The number of nitrogens with one attached hydrogen (secondary N) is 3. The Morgan fingerprint density at radius 1 is 1.32 bits per heavy atom. The number of rotatable bonds is 6. The second-order valence-corrected chi connectivity index (χ2v) is 7.70. The maximum atomic E-state index is 11.5. The Balaban J connectivity index is 1.64. The molecule has 1 aliphatic carbocycles. The van der Waals surface area contributed by atoms with Gasteiger partial charge in [-0.3, -0.25) is 9.98 Å². The average molecular weight is 417 g/mol. The molecule has 0 spiro atoms. The second-order valence-electron chi connectivity index (χ2n) is 7.70. The monoisotopic (exact) mass is 417 g/mol. The van der Waals surface area contributed by atoms with Gasteiger partial charge in [0.15, 0.2) is 11.1 Å². The maximum absolute atomic E-state index is 11.5. The summed E-state index contributed by atoms with van der Waals surface area (Å²) in [5.74, 6) is 0.473. The van der Waals surface area contributed by atoms with E-state index in [1.54, 1.807) is 16.8 Å². The molecule has 3 aromatic heterocycles. The van der Waals surface area contributed by atoms with E-state index < -0.39 is 5.69 Å². The molecule has 1 aromatic carbocycles. The molecule has 4 aromatic rings. The van der Waals surface area contributed by atoms with Gasteiger partial charge in [0.1, 0.15) is 11.5 Å². The van der Waals surface area contributed by atoms with E-state index in [2.05, 4.69) is 39.4 Å². The number of aromatic hydroxyl groups is 1. The fourth-order valence-corrected chi connectivity index (χ4v) is 3.55. The molecule has 5 rings (SSSR count). The molecule has 0 bridgehead atoms. The van der Waals surface area contributed by atoms with Crippen molar-refractivity contribution in [2.75, 3.05) is 5.32 Å². The lowest BCUT2D eigenvalue weighted by Crippen LogP contribution is -2.21. The predicted octanol–water partition coefficient (Wildman–Crippen LogP) is 1.63. The van der Waals surface area contributed by atoms with Gasteiger partial charge in [-0.15, -0.1) is 0 Å². The molecule has 0 aliphatic heterocycles. The van der Waals surface area contributed by atoms with Crippen molar-refractivity contribution < 1.29 is 5.11 Å². The summed E-state index contributed by atoms with van der Waals surface area (Å²) >= 11 is 0. The Kier molecular flexibility index (Phi) is 4.78. The minimum Gasteiger partial charge on any atom is -0.493 e. The van der Waals surface area contributed by atoms with Crippen molar-refractivity contribution in [1.29, 1.82) is 0 Å². The first-order valence-electron chi connectivity index (χ1n) is 10.4. The van der Waals surface area contributed by atoms with Crippen LogP contribution in [-0.4, -0.2) is 35.7 Å². The van der Waals surface area contributed by atoms with Crippen LogP contribution in [0, 0.1) is 0 Å². The Bertz CT molecular complexity index is 1400. The van der Waals surface area contributed by atoms with Crippen LogP contribution in [0.2, 0.25) is 0 Å². The molecular weight excluding hydrogens is 394 g/mol. The van der Waals surface area contributed by atoms with Gasteiger partial charge in [0, 0.05) is 11.3 Å². The van der Waals surface area contributed by atoms with Gasteiger partial charge in [-0.1, -0.05) is 37.3 Å². The lowest BCUT2D eigenvalue weighted by atomic mass is 10.0. The molecule has 0 saturated heterocycles. The molecule has 9 nitrogen and oxygen atoms in total. The van der Waals surface area contributed by atoms with Gasteiger partial charge in [-0.25, -0.2) is 9.78 Å². The summed E-state index contributed by atoms with van der Waals surface area (Å²) in [5, 5.41) is 18.6. The fourth-order valence-electron chi connectivity index (χ4n) is 3.55. The first-order chi connectivity index (χ1) is 15.1. The minimum absolute atomic E-state index is 0.102. The number of imidazole rings is 1. The molecule has 31 heavy (non-hydrogen) atoms. The lowest BCUT2D eigenvalue weighted by molar-refractivity contribution is 0.454. The van der Waals surface area contributed by atoms with E-state index >= 15 is 0 Å². The molecule has 1 atom stereocenters. The van der Waals surface area contributed by atoms with E-state index in [0.717, 1.165) is 24.8 Å². The van der Waals surface area contributed by atoms with Crippen molar-refractivity contribution in [3.05, 3.63) is 75.0 Å². The Labute approximate surface area is 177 Å². The molecule has 158 valence electrons. The number of benzene rings is 1. The van der Waals surface area contributed by atoms with Crippen LogP contribution in [0.15, 0.2) is 52.4 Å². The average Bonchev–Trinajstić information content (AvgIpc) is 3.41. The first-order valence-corrected chi connectivity index (χ1v) is 10.4. The highest BCUT2D eigenvalue weighted by Crippen LogP contribution is 2.23. The summed E-state index contributed by atoms with van der Waals surface area (Å²) < 4.78 is 1.70. The van der Waals surface area contributed by atoms with Crippen LogP contribution in [0.5, 0.6) is 5.88 Å². The van der Waals surface area contributed by atoms with Gasteiger partial charge >= 0.3 is 5.69 Å². The number of H-pyrrole nitrogens is 2. The summed E-state index contributed by atoms with van der Waals surface area (Å²) in [5.41, 5.74) is 2.30. The molecule has 4 N–H and O–H groups in total. The van der Waals surface area contributed by atoms with Crippen molar-refractivity contribution in [3.8, 4) is 5.88 Å². The van der Waals surface area contributed by atoms with Crippen LogP contribution in [0.4, 0.5) is 5.82 Å². The predicted molar refractivity (Wildman–Crippen MR) is 117 cm³/mol. The number of nitrogens with zero attached hydrogens (tertiary/aromatic N) is 4. The van der Waals surface area contributed by atoms with Crippen LogP contribution in [0.25, 0.3) is 11.7 Å². The number of fused-ring (bicyclic) bond motifs is 1. The minimum atomic E-state index is -0.478. The third-order valence-corrected chi connectivity index (χ3v) is 5.31. The quantitative estimate of drug-likeness (QED) is 0.380. The normalized spacial score (nSPS) is 16.2. The zero-order valence-corrected chi connectivity index (χ0v) is 17.0. The van der Waals surface area contributed by atoms with Crippen molar-refractivity contribution >= 4 is 17.5 Å². The largest absolute Gasteiger partial charge is 0.493 e. The molecule has 0 radical (unpaired) electrons. The smallest absolute Gasteiger partial charge is 0.326 e. The van der Waals surface area contributed by atoms with E-state index in [1.165, 1.54) is 5.56 Å². The van der Waals surface area contributed by atoms with Crippen LogP contribution in [0.1, 0.15) is 43.5 Å². The number of hydrogen-bond acceptors (Lipinski definition) is 6. The van der Waals surface area contributed by atoms with Gasteiger partial charge < -0.3 is 15.4 Å². The summed E-state index contributed by atoms with van der Waals surface area (Å²) in [6, 6.07) is 12.6. The summed E-state index contributed by atoms with van der Waals surface area (Å²) in [6.07, 6.45) is 6.33. The summed E-state index contributed by atoms with van der Waals surface area (Å²) in [6.45, 7) is 2.13. The van der Waals surface area contributed by atoms with Crippen molar-refractivity contribution in [2.24, 2.45) is 4.99 Å². The molecule has 9 heteroatoms. The highest BCUT2D eigenvalue weighted by molar-refractivity contribution is 5.58. The Morgan fingerprint density at radius 2 is 2.13 bits per heavy atom. The molecule has 1 unspecified atom stereocenters. The maximum Gasteiger partial charge on any atom is 0.326 e. The number of aromatic amines is 2. The summed E-state index contributed by atoms with van der Waals surface area (Å²) in [7, 11) is 0. The second kappa shape index (κ2) is 7.75. The SMILES string of the molecule is CCC(Nc1cc(=NC2CC2)n2ncc(=Cc3[nH]c(=O)[nH]c3O)c2n1)c1ccccc1. The van der Waals surface area contributed by atoms with Gasteiger partial charge in [-0.05, 0) is 30.9 Å². The van der Waals surface area contributed by atoms with E-state index in [0.29, 0.717) is 22.7 Å². The van der Waals surface area contributed by atoms with E-state index in [1.807, 2.05) is 24.3 Å². The molecule has 3 heterocycles. The lowest BCUT2D eigenvalue weighted by Gasteiger charge is -2.18.